The van der Waals surface area contributed by atoms with Gasteiger partial charge in [-0.1, -0.05) is 62.2 Å². The van der Waals surface area contributed by atoms with Gasteiger partial charge in [0.25, 0.3) is 5.91 Å². The number of likely N-dealkylation sites (tertiary alicyclic amines) is 1. The molecule has 5 rings (SSSR count). The van der Waals surface area contributed by atoms with Crippen LogP contribution < -0.4 is 5.32 Å². The number of nitrogens with zero attached hydrogens (tertiary/aromatic N) is 4. The summed E-state index contributed by atoms with van der Waals surface area (Å²) in [6.07, 6.45) is 6.61. The minimum atomic E-state index is -0.236. The maximum atomic E-state index is 13.7. The zero-order valence-electron chi connectivity index (χ0n) is 25.0. The molecule has 1 N–H and O–H groups in total. The van der Waals surface area contributed by atoms with Crippen molar-refractivity contribution in [2.45, 2.75) is 64.0 Å². The van der Waals surface area contributed by atoms with Gasteiger partial charge in [-0.25, -0.2) is 9.37 Å². The van der Waals surface area contributed by atoms with E-state index in [1.165, 1.54) is 30.5 Å². The smallest absolute Gasteiger partial charge is 0.253 e. The predicted molar refractivity (Wildman–Crippen MR) is 170 cm³/mol. The number of piperidine rings is 1. The van der Waals surface area contributed by atoms with Crippen LogP contribution in [0.3, 0.4) is 0 Å². The fourth-order valence-electron chi connectivity index (χ4n) is 6.07. The Bertz CT molecular complexity index is 1410. The number of aromatic nitrogens is 2. The van der Waals surface area contributed by atoms with Crippen LogP contribution in [0.15, 0.2) is 78.9 Å². The molecular formula is C35H44FN5O. The normalized spacial score (nSPS) is 15.1. The highest BCUT2D eigenvalue weighted by Crippen LogP contribution is 2.26. The molecule has 1 amide bonds. The van der Waals surface area contributed by atoms with Crippen LogP contribution in [0.25, 0.3) is 11.0 Å². The van der Waals surface area contributed by atoms with Crippen molar-refractivity contribution in [2.24, 2.45) is 0 Å². The Morgan fingerprint density at radius 3 is 2.43 bits per heavy atom. The topological polar surface area (TPSA) is 53.4 Å². The Balaban J connectivity index is 1.18. The molecule has 222 valence electrons. The van der Waals surface area contributed by atoms with E-state index in [4.69, 9.17) is 4.98 Å². The number of carbonyl (C=O) groups excluding carboxylic acids is 1. The Hall–Kier alpha value is -3.71. The summed E-state index contributed by atoms with van der Waals surface area (Å²) in [5, 5.41) is 3.78. The lowest BCUT2D eigenvalue weighted by Gasteiger charge is -2.34. The zero-order valence-corrected chi connectivity index (χ0v) is 25.0. The van der Waals surface area contributed by atoms with E-state index in [1.54, 1.807) is 4.90 Å². The first-order valence-corrected chi connectivity index (χ1v) is 15.5. The fraction of sp³-hybridized carbons (Fsp3) is 0.429. The zero-order chi connectivity index (χ0) is 29.3. The Morgan fingerprint density at radius 2 is 1.69 bits per heavy atom. The average Bonchev–Trinajstić information content (AvgIpc) is 3.37. The summed E-state index contributed by atoms with van der Waals surface area (Å²) >= 11 is 0. The molecule has 6 nitrogen and oxygen atoms in total. The SMILES string of the molecule is CCCCCn1c(NC2CCN(CCC(CN(C)C(=O)c3ccccc3)c3ccc(F)cc3)CC2)nc2ccccc21. The van der Waals surface area contributed by atoms with E-state index in [1.807, 2.05) is 49.5 Å². The average molecular weight is 570 g/mol. The highest BCUT2D eigenvalue weighted by atomic mass is 19.1. The van der Waals surface area contributed by atoms with Gasteiger partial charge in [-0.2, -0.15) is 0 Å². The van der Waals surface area contributed by atoms with Gasteiger partial charge < -0.3 is 19.7 Å². The summed E-state index contributed by atoms with van der Waals surface area (Å²) in [5.74, 6) is 0.894. The largest absolute Gasteiger partial charge is 0.353 e. The van der Waals surface area contributed by atoms with Gasteiger partial charge in [0, 0.05) is 50.7 Å². The summed E-state index contributed by atoms with van der Waals surface area (Å²) in [6.45, 7) is 6.79. The fourth-order valence-corrected chi connectivity index (χ4v) is 6.07. The maximum Gasteiger partial charge on any atom is 0.253 e. The molecule has 1 aromatic heterocycles. The summed E-state index contributed by atoms with van der Waals surface area (Å²) in [5.41, 5.74) is 4.02. The van der Waals surface area contributed by atoms with Crippen molar-refractivity contribution in [1.29, 1.82) is 0 Å². The summed E-state index contributed by atoms with van der Waals surface area (Å²) in [6, 6.07) is 25.0. The van der Waals surface area contributed by atoms with Gasteiger partial charge in [-0.15, -0.1) is 0 Å². The molecule has 1 aliphatic rings. The third-order valence-electron chi connectivity index (χ3n) is 8.56. The van der Waals surface area contributed by atoms with Gasteiger partial charge in [0.15, 0.2) is 0 Å². The van der Waals surface area contributed by atoms with E-state index in [-0.39, 0.29) is 17.6 Å². The first-order valence-electron chi connectivity index (χ1n) is 15.5. The molecular weight excluding hydrogens is 525 g/mol. The van der Waals surface area contributed by atoms with Crippen molar-refractivity contribution < 1.29 is 9.18 Å². The van der Waals surface area contributed by atoms with Gasteiger partial charge >= 0.3 is 0 Å². The van der Waals surface area contributed by atoms with E-state index in [2.05, 4.69) is 46.0 Å². The van der Waals surface area contributed by atoms with E-state index >= 15 is 0 Å². The monoisotopic (exact) mass is 569 g/mol. The van der Waals surface area contributed by atoms with Crippen LogP contribution in [0.5, 0.6) is 0 Å². The molecule has 0 bridgehead atoms. The number of nitrogens with one attached hydrogen (secondary N) is 1. The number of imidazole rings is 1. The molecule has 7 heteroatoms. The number of rotatable bonds is 13. The number of unbranched alkanes of at least 4 members (excludes halogenated alkanes) is 2. The molecule has 2 heterocycles. The minimum Gasteiger partial charge on any atom is -0.353 e. The van der Waals surface area contributed by atoms with Gasteiger partial charge in [-0.3, -0.25) is 4.79 Å². The second-order valence-corrected chi connectivity index (χ2v) is 11.6. The Labute approximate surface area is 249 Å². The van der Waals surface area contributed by atoms with Crippen LogP contribution in [-0.4, -0.2) is 64.5 Å². The molecule has 4 aromatic rings. The molecule has 42 heavy (non-hydrogen) atoms. The quantitative estimate of drug-likeness (QED) is 0.173. The minimum absolute atomic E-state index is 0.00955. The van der Waals surface area contributed by atoms with Crippen molar-refractivity contribution in [2.75, 3.05) is 38.5 Å². The van der Waals surface area contributed by atoms with Crippen LogP contribution in [0.1, 0.15) is 67.3 Å². The number of fused-ring (bicyclic) bond motifs is 1. The molecule has 1 atom stereocenters. The summed E-state index contributed by atoms with van der Waals surface area (Å²) < 4.78 is 16.1. The number of anilines is 1. The molecule has 1 fully saturated rings. The number of likely N-dealkylation sites (N-methyl/N-ethyl adjacent to an activating group) is 1. The standard InChI is InChI=1S/C35H44FN5O/c1-3-4-10-22-41-33-14-9-8-13-32(33)38-35(41)37-31-20-24-40(25-21-31)23-19-29(27-15-17-30(36)18-16-27)26-39(2)34(42)28-11-6-5-7-12-28/h5-9,11-18,29,31H,3-4,10,19-26H2,1-2H3,(H,37,38). The van der Waals surface area contributed by atoms with Crippen molar-refractivity contribution in [1.82, 2.24) is 19.4 Å². The molecule has 1 unspecified atom stereocenters. The number of carbonyl (C=O) groups is 1. The predicted octanol–water partition coefficient (Wildman–Crippen LogP) is 7.19. The van der Waals surface area contributed by atoms with Crippen LogP contribution in [0, 0.1) is 5.82 Å². The van der Waals surface area contributed by atoms with E-state index in [9.17, 15) is 9.18 Å². The summed E-state index contributed by atoms with van der Waals surface area (Å²) in [7, 11) is 1.86. The van der Waals surface area contributed by atoms with Crippen LogP contribution in [0.2, 0.25) is 0 Å². The number of hydrogen-bond donors (Lipinski definition) is 1. The van der Waals surface area contributed by atoms with Gasteiger partial charge in [0.2, 0.25) is 5.95 Å². The highest BCUT2D eigenvalue weighted by Gasteiger charge is 2.24. The third-order valence-corrected chi connectivity index (χ3v) is 8.56. The number of benzene rings is 3. The van der Waals surface area contributed by atoms with Gasteiger partial charge in [0.1, 0.15) is 5.82 Å². The molecule has 3 aromatic carbocycles. The van der Waals surface area contributed by atoms with Crippen molar-refractivity contribution >= 4 is 22.9 Å². The lowest BCUT2D eigenvalue weighted by molar-refractivity contribution is 0.0782. The molecule has 0 radical (unpaired) electrons. The lowest BCUT2D eigenvalue weighted by atomic mass is 9.94. The Kier molecular flexibility index (Phi) is 10.2. The third kappa shape index (κ3) is 7.57. The van der Waals surface area contributed by atoms with E-state index in [0.717, 1.165) is 68.9 Å². The number of halogens is 1. The van der Waals surface area contributed by atoms with Gasteiger partial charge in [0.05, 0.1) is 11.0 Å². The highest BCUT2D eigenvalue weighted by molar-refractivity contribution is 5.94. The molecule has 1 aliphatic heterocycles. The Morgan fingerprint density at radius 1 is 0.976 bits per heavy atom. The summed E-state index contributed by atoms with van der Waals surface area (Å²) in [4.78, 5) is 22.3. The maximum absolute atomic E-state index is 13.7. The number of amides is 1. The first kappa shape index (κ1) is 29.8. The van der Waals surface area contributed by atoms with Crippen LogP contribution in [0.4, 0.5) is 10.3 Å². The molecule has 0 aliphatic carbocycles. The van der Waals surface area contributed by atoms with Crippen molar-refractivity contribution in [3.05, 3.63) is 95.8 Å². The van der Waals surface area contributed by atoms with Crippen molar-refractivity contribution in [3.63, 3.8) is 0 Å². The second kappa shape index (κ2) is 14.5. The first-order chi connectivity index (χ1) is 20.5. The molecule has 0 spiro atoms. The molecule has 0 saturated carbocycles. The lowest BCUT2D eigenvalue weighted by Crippen LogP contribution is -2.40. The second-order valence-electron chi connectivity index (χ2n) is 11.6. The van der Waals surface area contributed by atoms with E-state index < -0.39 is 0 Å². The number of hydrogen-bond acceptors (Lipinski definition) is 4. The van der Waals surface area contributed by atoms with Crippen LogP contribution >= 0.6 is 0 Å². The number of para-hydroxylation sites is 2. The van der Waals surface area contributed by atoms with Crippen molar-refractivity contribution in [3.8, 4) is 0 Å². The number of aryl methyl sites for hydroxylation is 1. The van der Waals surface area contributed by atoms with Gasteiger partial charge in [-0.05, 0) is 74.2 Å². The van der Waals surface area contributed by atoms with Crippen LogP contribution in [-0.2, 0) is 6.54 Å². The molecule has 1 saturated heterocycles. The van der Waals surface area contributed by atoms with E-state index in [0.29, 0.717) is 18.2 Å².